The molecule has 0 atom stereocenters. The van der Waals surface area contributed by atoms with Crippen molar-refractivity contribution in [3.8, 4) is 0 Å². The molecular weight excluding hydrogens is 138 g/mol. The van der Waals surface area contributed by atoms with Crippen molar-refractivity contribution in [1.82, 2.24) is 5.06 Å². The average Bonchev–Trinajstić information content (AvgIpc) is 2.07. The van der Waals surface area contributed by atoms with Gasteiger partial charge < -0.3 is 4.84 Å². The van der Waals surface area contributed by atoms with Gasteiger partial charge in [-0.2, -0.15) is 5.06 Å². The third-order valence-electron chi connectivity index (χ3n) is 2.53. The number of hydrogen-bond donors (Lipinski definition) is 0. The summed E-state index contributed by atoms with van der Waals surface area (Å²) in [5, 5.41) is 2.06. The van der Waals surface area contributed by atoms with E-state index in [1.165, 1.54) is 25.7 Å². The summed E-state index contributed by atoms with van der Waals surface area (Å²) >= 11 is 0. The molecule has 1 aliphatic heterocycles. The molecule has 0 amide bonds. The van der Waals surface area contributed by atoms with Gasteiger partial charge in [0.2, 0.25) is 0 Å². The first-order chi connectivity index (χ1) is 5.36. The molecule has 0 N–H and O–H groups in total. The molecule has 0 aromatic rings. The van der Waals surface area contributed by atoms with Crippen LogP contribution < -0.4 is 0 Å². The van der Waals surface area contributed by atoms with E-state index in [1.54, 1.807) is 7.11 Å². The van der Waals surface area contributed by atoms with Crippen molar-refractivity contribution in [2.75, 3.05) is 20.2 Å². The number of hydrogen-bond acceptors (Lipinski definition) is 2. The van der Waals surface area contributed by atoms with Crippen LogP contribution in [0.3, 0.4) is 0 Å². The summed E-state index contributed by atoms with van der Waals surface area (Å²) in [4.78, 5) is 5.15. The summed E-state index contributed by atoms with van der Waals surface area (Å²) in [5.41, 5.74) is 0. The normalized spacial score (nSPS) is 22.4. The molecule has 0 spiro atoms. The maximum Gasteiger partial charge on any atom is 0.0575 e. The van der Waals surface area contributed by atoms with Crippen molar-refractivity contribution >= 4 is 0 Å². The summed E-state index contributed by atoms with van der Waals surface area (Å²) in [7, 11) is 1.76. The molecule has 0 radical (unpaired) electrons. The zero-order valence-corrected chi connectivity index (χ0v) is 7.68. The zero-order chi connectivity index (χ0) is 8.10. The topological polar surface area (TPSA) is 12.5 Å². The molecule has 0 bridgehead atoms. The van der Waals surface area contributed by atoms with Crippen LogP contribution in [-0.2, 0) is 4.84 Å². The van der Waals surface area contributed by atoms with Crippen LogP contribution in [0.4, 0.5) is 0 Å². The maximum atomic E-state index is 5.15. The Balaban J connectivity index is 2.14. The van der Waals surface area contributed by atoms with Crippen molar-refractivity contribution in [3.63, 3.8) is 0 Å². The van der Waals surface area contributed by atoms with Crippen LogP contribution >= 0.6 is 0 Å². The van der Waals surface area contributed by atoms with E-state index in [0.717, 1.165) is 19.0 Å². The number of nitrogens with zero attached hydrogens (tertiary/aromatic N) is 1. The molecule has 2 heteroatoms. The van der Waals surface area contributed by atoms with Crippen LogP contribution in [0.15, 0.2) is 0 Å². The molecule has 0 aromatic carbocycles. The highest BCUT2D eigenvalue weighted by molar-refractivity contribution is 4.67. The third kappa shape index (κ3) is 2.80. The Morgan fingerprint density at radius 3 is 2.45 bits per heavy atom. The second-order valence-corrected chi connectivity index (χ2v) is 3.34. The fourth-order valence-electron chi connectivity index (χ4n) is 1.79. The van der Waals surface area contributed by atoms with Gasteiger partial charge in [0, 0.05) is 13.1 Å². The fourth-order valence-corrected chi connectivity index (χ4v) is 1.79. The molecule has 0 aromatic heterocycles. The van der Waals surface area contributed by atoms with E-state index in [1.807, 2.05) is 0 Å². The van der Waals surface area contributed by atoms with Crippen molar-refractivity contribution < 1.29 is 4.84 Å². The first-order valence-electron chi connectivity index (χ1n) is 4.66. The van der Waals surface area contributed by atoms with Gasteiger partial charge >= 0.3 is 0 Å². The lowest BCUT2D eigenvalue weighted by Gasteiger charge is -2.29. The fraction of sp³-hybridized carbons (Fsp3) is 1.00. The van der Waals surface area contributed by atoms with E-state index in [-0.39, 0.29) is 0 Å². The van der Waals surface area contributed by atoms with E-state index < -0.39 is 0 Å². The Labute approximate surface area is 69.5 Å². The summed E-state index contributed by atoms with van der Waals surface area (Å²) in [5.74, 6) is 0.964. The van der Waals surface area contributed by atoms with Crippen LogP contribution in [0.5, 0.6) is 0 Å². The average molecular weight is 157 g/mol. The van der Waals surface area contributed by atoms with Crippen molar-refractivity contribution in [2.24, 2.45) is 5.92 Å². The van der Waals surface area contributed by atoms with Gasteiger partial charge in [-0.05, 0) is 18.8 Å². The van der Waals surface area contributed by atoms with Gasteiger partial charge in [0.1, 0.15) is 0 Å². The van der Waals surface area contributed by atoms with Gasteiger partial charge in [-0.25, -0.2) is 0 Å². The Morgan fingerprint density at radius 1 is 1.36 bits per heavy atom. The third-order valence-corrected chi connectivity index (χ3v) is 2.53. The minimum Gasteiger partial charge on any atom is -0.302 e. The monoisotopic (exact) mass is 157 g/mol. The first-order valence-corrected chi connectivity index (χ1v) is 4.66. The highest BCUT2D eigenvalue weighted by Gasteiger charge is 2.17. The van der Waals surface area contributed by atoms with Crippen molar-refractivity contribution in [3.05, 3.63) is 0 Å². The standard InChI is InChI=1S/C9H19NO/c1-3-4-9-5-7-10(11-2)8-6-9/h9H,3-8H2,1-2H3. The molecule has 66 valence electrons. The van der Waals surface area contributed by atoms with E-state index in [9.17, 15) is 0 Å². The minimum absolute atomic E-state index is 0.964. The molecular formula is C9H19NO. The molecule has 0 aliphatic carbocycles. The Morgan fingerprint density at radius 2 is 2.00 bits per heavy atom. The molecule has 1 rings (SSSR count). The molecule has 1 saturated heterocycles. The largest absolute Gasteiger partial charge is 0.302 e. The van der Waals surface area contributed by atoms with Crippen molar-refractivity contribution in [1.29, 1.82) is 0 Å². The second kappa shape index (κ2) is 4.73. The van der Waals surface area contributed by atoms with Crippen LogP contribution in [-0.4, -0.2) is 25.3 Å². The smallest absolute Gasteiger partial charge is 0.0575 e. The Bertz CT molecular complexity index is 97.7. The van der Waals surface area contributed by atoms with Gasteiger partial charge in [-0.3, -0.25) is 0 Å². The minimum atomic E-state index is 0.964. The summed E-state index contributed by atoms with van der Waals surface area (Å²) < 4.78 is 0. The molecule has 0 saturated carbocycles. The van der Waals surface area contributed by atoms with Gasteiger partial charge in [0.25, 0.3) is 0 Å². The van der Waals surface area contributed by atoms with E-state index >= 15 is 0 Å². The predicted octanol–water partition coefficient (Wildman–Crippen LogP) is 2.06. The maximum absolute atomic E-state index is 5.15. The lowest BCUT2D eigenvalue weighted by Crippen LogP contribution is -2.32. The molecule has 1 heterocycles. The Kier molecular flexibility index (Phi) is 3.87. The highest BCUT2D eigenvalue weighted by atomic mass is 16.7. The van der Waals surface area contributed by atoms with Crippen LogP contribution in [0.1, 0.15) is 32.6 Å². The number of piperidine rings is 1. The molecule has 1 aliphatic rings. The molecule has 2 nitrogen and oxygen atoms in total. The van der Waals surface area contributed by atoms with Crippen LogP contribution in [0, 0.1) is 5.92 Å². The van der Waals surface area contributed by atoms with E-state index in [2.05, 4.69) is 12.0 Å². The lowest BCUT2D eigenvalue weighted by molar-refractivity contribution is -0.148. The van der Waals surface area contributed by atoms with Gasteiger partial charge in [-0.15, -0.1) is 0 Å². The lowest BCUT2D eigenvalue weighted by atomic mass is 9.93. The van der Waals surface area contributed by atoms with Crippen LogP contribution in [0.25, 0.3) is 0 Å². The predicted molar refractivity (Wildman–Crippen MR) is 46.2 cm³/mol. The first kappa shape index (κ1) is 9.01. The van der Waals surface area contributed by atoms with Gasteiger partial charge in [0.05, 0.1) is 7.11 Å². The molecule has 1 fully saturated rings. The Hall–Kier alpha value is -0.0800. The summed E-state index contributed by atoms with van der Waals surface area (Å²) in [6.45, 7) is 4.52. The number of hydroxylamine groups is 2. The quantitative estimate of drug-likeness (QED) is 0.621. The van der Waals surface area contributed by atoms with E-state index in [0.29, 0.717) is 0 Å². The van der Waals surface area contributed by atoms with E-state index in [4.69, 9.17) is 4.84 Å². The van der Waals surface area contributed by atoms with Gasteiger partial charge in [0.15, 0.2) is 0 Å². The zero-order valence-electron chi connectivity index (χ0n) is 7.68. The summed E-state index contributed by atoms with van der Waals surface area (Å²) in [6.07, 6.45) is 5.37. The SMILES string of the molecule is CCCC1CCN(OC)CC1. The summed E-state index contributed by atoms with van der Waals surface area (Å²) in [6, 6.07) is 0. The highest BCUT2D eigenvalue weighted by Crippen LogP contribution is 2.21. The number of rotatable bonds is 3. The second-order valence-electron chi connectivity index (χ2n) is 3.34. The molecule has 0 unspecified atom stereocenters. The molecule has 11 heavy (non-hydrogen) atoms. The van der Waals surface area contributed by atoms with Crippen molar-refractivity contribution in [2.45, 2.75) is 32.6 Å². The van der Waals surface area contributed by atoms with Gasteiger partial charge in [-0.1, -0.05) is 19.8 Å². The van der Waals surface area contributed by atoms with Crippen LogP contribution in [0.2, 0.25) is 0 Å².